The highest BCUT2D eigenvalue weighted by Gasteiger charge is 2.23. The Morgan fingerprint density at radius 2 is 2.00 bits per heavy atom. The number of benzene rings is 1. The second-order valence-electron chi connectivity index (χ2n) is 5.31. The molecule has 1 aliphatic rings. The van der Waals surface area contributed by atoms with Gasteiger partial charge >= 0.3 is 0 Å². The Hall–Kier alpha value is -1.35. The summed E-state index contributed by atoms with van der Waals surface area (Å²) >= 11 is 0. The lowest BCUT2D eigenvalue weighted by Gasteiger charge is -2.16. The third-order valence-electron chi connectivity index (χ3n) is 3.72. The molecule has 2 N–H and O–H groups in total. The van der Waals surface area contributed by atoms with Crippen LogP contribution >= 0.6 is 0 Å². The molecule has 98 valence electrons. The van der Waals surface area contributed by atoms with Crippen molar-refractivity contribution in [1.29, 1.82) is 0 Å². The van der Waals surface area contributed by atoms with Gasteiger partial charge in [-0.05, 0) is 37.8 Å². The highest BCUT2D eigenvalue weighted by atomic mass is 16.1. The van der Waals surface area contributed by atoms with E-state index in [-0.39, 0.29) is 5.91 Å². The van der Waals surface area contributed by atoms with Crippen LogP contribution < -0.4 is 10.6 Å². The molecular weight excluding hydrogens is 224 g/mol. The number of carbonyl (C=O) groups excluding carboxylic acids is 1. The molecule has 1 amide bonds. The monoisotopic (exact) mass is 246 g/mol. The number of hydrogen-bond donors (Lipinski definition) is 2. The standard InChI is InChI=1S/C15H22N2O/c1-11-6-8-13(9-7-11)17-15(18)10-16-14-5-3-4-12(14)2/h6-9,12,14,16H,3-5,10H2,1-2H3,(H,17,18). The Balaban J connectivity index is 1.76. The molecule has 2 unspecified atom stereocenters. The Morgan fingerprint density at radius 1 is 1.28 bits per heavy atom. The zero-order chi connectivity index (χ0) is 13.0. The SMILES string of the molecule is Cc1ccc(NC(=O)CNC2CCCC2C)cc1. The Bertz CT molecular complexity index is 399. The van der Waals surface area contributed by atoms with Crippen molar-refractivity contribution in [2.75, 3.05) is 11.9 Å². The third-order valence-corrected chi connectivity index (χ3v) is 3.72. The van der Waals surface area contributed by atoms with E-state index in [1.165, 1.54) is 24.8 Å². The summed E-state index contributed by atoms with van der Waals surface area (Å²) in [7, 11) is 0. The lowest BCUT2D eigenvalue weighted by atomic mass is 10.1. The molecule has 3 nitrogen and oxygen atoms in total. The van der Waals surface area contributed by atoms with E-state index in [9.17, 15) is 4.79 Å². The highest BCUT2D eigenvalue weighted by molar-refractivity contribution is 5.92. The molecule has 0 bridgehead atoms. The minimum absolute atomic E-state index is 0.0398. The molecule has 1 fully saturated rings. The van der Waals surface area contributed by atoms with Crippen molar-refractivity contribution in [3.8, 4) is 0 Å². The molecule has 0 radical (unpaired) electrons. The number of hydrogen-bond acceptors (Lipinski definition) is 2. The largest absolute Gasteiger partial charge is 0.325 e. The second kappa shape index (κ2) is 6.01. The van der Waals surface area contributed by atoms with E-state index >= 15 is 0 Å². The van der Waals surface area contributed by atoms with Gasteiger partial charge in [0.05, 0.1) is 6.54 Å². The zero-order valence-corrected chi connectivity index (χ0v) is 11.2. The van der Waals surface area contributed by atoms with Crippen molar-refractivity contribution in [3.05, 3.63) is 29.8 Å². The van der Waals surface area contributed by atoms with Crippen LogP contribution in [-0.4, -0.2) is 18.5 Å². The first-order valence-electron chi connectivity index (χ1n) is 6.75. The van der Waals surface area contributed by atoms with Gasteiger partial charge < -0.3 is 10.6 Å². The van der Waals surface area contributed by atoms with Crippen LogP contribution in [0.1, 0.15) is 31.7 Å². The van der Waals surface area contributed by atoms with Gasteiger partial charge in [0.1, 0.15) is 0 Å². The maximum absolute atomic E-state index is 11.8. The Labute approximate surface area is 109 Å². The predicted octanol–water partition coefficient (Wildman–Crippen LogP) is 2.71. The van der Waals surface area contributed by atoms with Crippen molar-refractivity contribution in [2.45, 2.75) is 39.2 Å². The fourth-order valence-electron chi connectivity index (χ4n) is 2.51. The summed E-state index contributed by atoms with van der Waals surface area (Å²) in [6, 6.07) is 8.38. The maximum atomic E-state index is 11.8. The van der Waals surface area contributed by atoms with Crippen LogP contribution in [0.5, 0.6) is 0 Å². The van der Waals surface area contributed by atoms with Gasteiger partial charge in [-0.25, -0.2) is 0 Å². The van der Waals surface area contributed by atoms with Crippen LogP contribution in [0, 0.1) is 12.8 Å². The van der Waals surface area contributed by atoms with Gasteiger partial charge in [0.25, 0.3) is 0 Å². The zero-order valence-electron chi connectivity index (χ0n) is 11.2. The van der Waals surface area contributed by atoms with Crippen molar-refractivity contribution in [1.82, 2.24) is 5.32 Å². The molecule has 2 atom stereocenters. The molecule has 0 heterocycles. The molecule has 1 aromatic rings. The maximum Gasteiger partial charge on any atom is 0.238 e. The molecule has 18 heavy (non-hydrogen) atoms. The third kappa shape index (κ3) is 3.57. The summed E-state index contributed by atoms with van der Waals surface area (Å²) in [6.07, 6.45) is 3.74. The molecule has 1 aliphatic carbocycles. The quantitative estimate of drug-likeness (QED) is 0.857. The molecule has 1 aromatic carbocycles. The van der Waals surface area contributed by atoms with Gasteiger partial charge in [-0.1, -0.05) is 31.0 Å². The highest BCUT2D eigenvalue weighted by Crippen LogP contribution is 2.24. The molecule has 1 saturated carbocycles. The molecule has 0 saturated heterocycles. The van der Waals surface area contributed by atoms with E-state index in [0.29, 0.717) is 18.5 Å². The summed E-state index contributed by atoms with van der Waals surface area (Å²) in [5.74, 6) is 0.732. The number of carbonyl (C=O) groups is 1. The van der Waals surface area contributed by atoms with Crippen molar-refractivity contribution < 1.29 is 4.79 Å². The number of rotatable bonds is 4. The average Bonchev–Trinajstić information content (AvgIpc) is 2.75. The predicted molar refractivity (Wildman–Crippen MR) is 74.6 cm³/mol. The first kappa shape index (κ1) is 13.1. The summed E-state index contributed by atoms with van der Waals surface area (Å²) in [5.41, 5.74) is 2.07. The van der Waals surface area contributed by atoms with Gasteiger partial charge in [-0.2, -0.15) is 0 Å². The van der Waals surface area contributed by atoms with E-state index in [0.717, 1.165) is 5.69 Å². The number of aryl methyl sites for hydroxylation is 1. The summed E-state index contributed by atoms with van der Waals surface area (Å²) in [5, 5.41) is 6.26. The van der Waals surface area contributed by atoms with Gasteiger partial charge in [0.15, 0.2) is 0 Å². The van der Waals surface area contributed by atoms with Gasteiger partial charge in [0.2, 0.25) is 5.91 Å². The van der Waals surface area contributed by atoms with E-state index < -0.39 is 0 Å². The van der Waals surface area contributed by atoms with E-state index in [1.54, 1.807) is 0 Å². The van der Waals surface area contributed by atoms with Crippen LogP contribution in [0.3, 0.4) is 0 Å². The fourth-order valence-corrected chi connectivity index (χ4v) is 2.51. The topological polar surface area (TPSA) is 41.1 Å². The number of nitrogens with one attached hydrogen (secondary N) is 2. The summed E-state index contributed by atoms with van der Waals surface area (Å²) in [6.45, 7) is 4.69. The van der Waals surface area contributed by atoms with Gasteiger partial charge in [-0.3, -0.25) is 4.79 Å². The van der Waals surface area contributed by atoms with E-state index in [1.807, 2.05) is 31.2 Å². The lowest BCUT2D eigenvalue weighted by Crippen LogP contribution is -2.37. The second-order valence-corrected chi connectivity index (χ2v) is 5.31. The van der Waals surface area contributed by atoms with Crippen LogP contribution in [-0.2, 0) is 4.79 Å². The van der Waals surface area contributed by atoms with Crippen LogP contribution in [0.2, 0.25) is 0 Å². The van der Waals surface area contributed by atoms with Crippen molar-refractivity contribution >= 4 is 11.6 Å². The van der Waals surface area contributed by atoms with Gasteiger partial charge in [0, 0.05) is 11.7 Å². The summed E-state index contributed by atoms with van der Waals surface area (Å²) in [4.78, 5) is 11.8. The minimum atomic E-state index is 0.0398. The van der Waals surface area contributed by atoms with Crippen LogP contribution in [0.4, 0.5) is 5.69 Å². The molecule has 0 aliphatic heterocycles. The first-order valence-corrected chi connectivity index (χ1v) is 6.75. The van der Waals surface area contributed by atoms with Gasteiger partial charge in [-0.15, -0.1) is 0 Å². The van der Waals surface area contributed by atoms with E-state index in [4.69, 9.17) is 0 Å². The first-order chi connectivity index (χ1) is 8.65. The van der Waals surface area contributed by atoms with Crippen molar-refractivity contribution in [2.24, 2.45) is 5.92 Å². The van der Waals surface area contributed by atoms with Crippen LogP contribution in [0.25, 0.3) is 0 Å². The molecule has 2 rings (SSSR count). The molecule has 3 heteroatoms. The fraction of sp³-hybridized carbons (Fsp3) is 0.533. The smallest absolute Gasteiger partial charge is 0.238 e. The van der Waals surface area contributed by atoms with E-state index in [2.05, 4.69) is 17.6 Å². The lowest BCUT2D eigenvalue weighted by molar-refractivity contribution is -0.115. The molecule has 0 aromatic heterocycles. The molecular formula is C15H22N2O. The number of amides is 1. The number of anilines is 1. The molecule has 0 spiro atoms. The normalized spacial score (nSPS) is 23.0. The minimum Gasteiger partial charge on any atom is -0.325 e. The van der Waals surface area contributed by atoms with Crippen molar-refractivity contribution in [3.63, 3.8) is 0 Å². The van der Waals surface area contributed by atoms with Crippen LogP contribution in [0.15, 0.2) is 24.3 Å². The Kier molecular flexibility index (Phi) is 4.37. The Morgan fingerprint density at radius 3 is 2.61 bits per heavy atom. The summed E-state index contributed by atoms with van der Waals surface area (Å²) < 4.78 is 0. The average molecular weight is 246 g/mol.